The molecule has 0 aromatic rings. The van der Waals surface area contributed by atoms with Crippen molar-refractivity contribution in [2.45, 2.75) is 38.7 Å². The topological polar surface area (TPSA) is 86.6 Å². The zero-order valence-electron chi connectivity index (χ0n) is 8.82. The van der Waals surface area contributed by atoms with Crippen LogP contribution in [0.2, 0.25) is 0 Å². The van der Waals surface area contributed by atoms with Crippen LogP contribution in [0.25, 0.3) is 0 Å². The first-order chi connectivity index (χ1) is 7.06. The number of aliphatic carboxylic acids is 1. The van der Waals surface area contributed by atoms with Crippen molar-refractivity contribution in [3.8, 4) is 0 Å². The molecular formula is C10H17NO4. The Morgan fingerprint density at radius 3 is 2.60 bits per heavy atom. The summed E-state index contributed by atoms with van der Waals surface area (Å²) in [6.07, 6.45) is 2.37. The molecule has 0 heterocycles. The number of carboxylic acids is 1. The number of nitrogens with one attached hydrogen (secondary N) is 1. The Kier molecular flexibility index (Phi) is 7.32. The highest BCUT2D eigenvalue weighted by atomic mass is 16.4. The number of aliphatic hydroxyl groups is 1. The molecule has 0 saturated heterocycles. The Balaban J connectivity index is 3.63. The minimum Gasteiger partial charge on any atom is -0.480 e. The van der Waals surface area contributed by atoms with Gasteiger partial charge in [0.1, 0.15) is 12.5 Å². The Morgan fingerprint density at radius 1 is 1.47 bits per heavy atom. The minimum atomic E-state index is -1.01. The number of allylic oxidation sites excluding steroid dienone is 1. The van der Waals surface area contributed by atoms with Crippen LogP contribution in [0, 0.1) is 0 Å². The third kappa shape index (κ3) is 9.00. The van der Waals surface area contributed by atoms with Gasteiger partial charge in [-0.3, -0.25) is 4.79 Å². The molecule has 0 bridgehead atoms. The van der Waals surface area contributed by atoms with Crippen LogP contribution >= 0.6 is 0 Å². The number of unbranched alkanes of at least 4 members (excludes halogenated alkanes) is 1. The number of hydrogen-bond donors (Lipinski definition) is 3. The van der Waals surface area contributed by atoms with Gasteiger partial charge < -0.3 is 15.5 Å². The minimum absolute atomic E-state index is 0.263. The summed E-state index contributed by atoms with van der Waals surface area (Å²) in [5, 5.41) is 19.8. The summed E-state index contributed by atoms with van der Waals surface area (Å²) < 4.78 is 0. The standard InChI is InChI=1S/C10H17NO4/c1-8(13)4-2-3-5-9(7-12)11-6-10(14)15/h8,11,13H,2-6H2,1H3,(H,14,15). The second-order valence-electron chi connectivity index (χ2n) is 3.42. The van der Waals surface area contributed by atoms with Gasteiger partial charge in [0, 0.05) is 0 Å². The van der Waals surface area contributed by atoms with Gasteiger partial charge in [-0.05, 0) is 26.2 Å². The molecule has 1 atom stereocenters. The van der Waals surface area contributed by atoms with Crippen LogP contribution in [0.5, 0.6) is 0 Å². The number of carbonyl (C=O) groups excluding carboxylic acids is 1. The number of rotatable bonds is 8. The molecule has 1 unspecified atom stereocenters. The Bertz CT molecular complexity index is 244. The SMILES string of the molecule is CC(O)CCCCC(=C=O)NCC(=O)O. The van der Waals surface area contributed by atoms with E-state index in [9.17, 15) is 9.59 Å². The molecule has 0 spiro atoms. The van der Waals surface area contributed by atoms with Gasteiger partial charge in [0.15, 0.2) is 0 Å². The lowest BCUT2D eigenvalue weighted by Crippen LogP contribution is -2.22. The first-order valence-corrected chi connectivity index (χ1v) is 4.94. The summed E-state index contributed by atoms with van der Waals surface area (Å²) >= 11 is 0. The van der Waals surface area contributed by atoms with Gasteiger partial charge in [0.2, 0.25) is 0 Å². The largest absolute Gasteiger partial charge is 0.480 e. The Morgan fingerprint density at radius 2 is 2.13 bits per heavy atom. The van der Waals surface area contributed by atoms with Crippen LogP contribution in [0.3, 0.4) is 0 Å². The zero-order valence-corrected chi connectivity index (χ0v) is 8.82. The smallest absolute Gasteiger partial charge is 0.322 e. The van der Waals surface area contributed by atoms with E-state index in [-0.39, 0.29) is 18.3 Å². The van der Waals surface area contributed by atoms with Crippen molar-refractivity contribution in [2.24, 2.45) is 0 Å². The normalized spacial score (nSPS) is 11.6. The molecule has 5 nitrogen and oxygen atoms in total. The molecule has 0 aromatic heterocycles. The van der Waals surface area contributed by atoms with Crippen molar-refractivity contribution in [1.82, 2.24) is 5.32 Å². The van der Waals surface area contributed by atoms with Crippen molar-refractivity contribution in [3.05, 3.63) is 5.70 Å². The molecule has 15 heavy (non-hydrogen) atoms. The van der Waals surface area contributed by atoms with Gasteiger partial charge in [-0.15, -0.1) is 0 Å². The summed E-state index contributed by atoms with van der Waals surface area (Å²) in [6, 6.07) is 0. The molecule has 0 aromatic carbocycles. The summed E-state index contributed by atoms with van der Waals surface area (Å²) in [7, 11) is 0. The van der Waals surface area contributed by atoms with E-state index in [1.54, 1.807) is 12.9 Å². The lowest BCUT2D eigenvalue weighted by atomic mass is 10.1. The molecule has 5 heteroatoms. The van der Waals surface area contributed by atoms with E-state index in [1.807, 2.05) is 0 Å². The lowest BCUT2D eigenvalue weighted by Gasteiger charge is -2.05. The molecule has 0 aliphatic heterocycles. The zero-order chi connectivity index (χ0) is 11.7. The van der Waals surface area contributed by atoms with E-state index >= 15 is 0 Å². The first kappa shape index (κ1) is 13.7. The third-order valence-electron chi connectivity index (χ3n) is 1.87. The maximum Gasteiger partial charge on any atom is 0.322 e. The molecule has 0 aliphatic carbocycles. The van der Waals surface area contributed by atoms with Crippen molar-refractivity contribution in [1.29, 1.82) is 0 Å². The van der Waals surface area contributed by atoms with Gasteiger partial charge in [0.05, 0.1) is 11.8 Å². The molecule has 0 saturated carbocycles. The second-order valence-corrected chi connectivity index (χ2v) is 3.42. The van der Waals surface area contributed by atoms with E-state index in [2.05, 4.69) is 5.32 Å². The van der Waals surface area contributed by atoms with Crippen LogP contribution < -0.4 is 5.32 Å². The van der Waals surface area contributed by atoms with Crippen LogP contribution in [-0.2, 0) is 9.59 Å². The summed E-state index contributed by atoms with van der Waals surface area (Å²) in [4.78, 5) is 20.6. The van der Waals surface area contributed by atoms with Crippen molar-refractivity contribution < 1.29 is 19.8 Å². The fourth-order valence-corrected chi connectivity index (χ4v) is 1.10. The van der Waals surface area contributed by atoms with Crippen LogP contribution in [0.15, 0.2) is 5.70 Å². The quantitative estimate of drug-likeness (QED) is 0.401. The Labute approximate surface area is 88.8 Å². The predicted molar refractivity (Wildman–Crippen MR) is 55.0 cm³/mol. The van der Waals surface area contributed by atoms with Gasteiger partial charge in [0.25, 0.3) is 0 Å². The Hall–Kier alpha value is -1.32. The highest BCUT2D eigenvalue weighted by molar-refractivity contribution is 5.70. The van der Waals surface area contributed by atoms with Gasteiger partial charge in [-0.2, -0.15) is 0 Å². The fourth-order valence-electron chi connectivity index (χ4n) is 1.10. The molecule has 3 N–H and O–H groups in total. The molecule has 0 rings (SSSR count). The van der Waals surface area contributed by atoms with E-state index < -0.39 is 5.97 Å². The highest BCUT2D eigenvalue weighted by Crippen LogP contribution is 2.06. The molecule has 0 fully saturated rings. The van der Waals surface area contributed by atoms with E-state index in [4.69, 9.17) is 10.2 Å². The van der Waals surface area contributed by atoms with Gasteiger partial charge >= 0.3 is 5.97 Å². The van der Waals surface area contributed by atoms with Gasteiger partial charge in [-0.25, -0.2) is 4.79 Å². The van der Waals surface area contributed by atoms with Gasteiger partial charge in [-0.1, -0.05) is 6.42 Å². The van der Waals surface area contributed by atoms with Crippen LogP contribution in [-0.4, -0.2) is 34.8 Å². The average molecular weight is 215 g/mol. The summed E-state index contributed by atoms with van der Waals surface area (Å²) in [5.74, 6) is 0.668. The van der Waals surface area contributed by atoms with Crippen LogP contribution in [0.4, 0.5) is 0 Å². The monoisotopic (exact) mass is 215 g/mol. The maximum atomic E-state index is 10.4. The number of carboxylic acid groups (broad SMARTS) is 1. The van der Waals surface area contributed by atoms with E-state index in [0.717, 1.165) is 12.8 Å². The van der Waals surface area contributed by atoms with Crippen molar-refractivity contribution >= 4 is 11.9 Å². The third-order valence-corrected chi connectivity index (χ3v) is 1.87. The molecule has 0 amide bonds. The number of carbonyl (C=O) groups is 1. The van der Waals surface area contributed by atoms with Crippen molar-refractivity contribution in [3.63, 3.8) is 0 Å². The van der Waals surface area contributed by atoms with Crippen molar-refractivity contribution in [2.75, 3.05) is 6.54 Å². The fraction of sp³-hybridized carbons (Fsp3) is 0.700. The molecule has 86 valence electrons. The van der Waals surface area contributed by atoms with E-state index in [0.29, 0.717) is 12.8 Å². The number of aliphatic hydroxyl groups excluding tert-OH is 1. The average Bonchev–Trinajstić information content (AvgIpc) is 2.16. The summed E-state index contributed by atoms with van der Waals surface area (Å²) in [6.45, 7) is 1.44. The maximum absolute atomic E-state index is 10.4. The predicted octanol–water partition coefficient (Wildman–Crippen LogP) is 0.317. The first-order valence-electron chi connectivity index (χ1n) is 4.94. The number of hydrogen-bond acceptors (Lipinski definition) is 4. The molecule has 0 aliphatic rings. The van der Waals surface area contributed by atoms with E-state index in [1.165, 1.54) is 0 Å². The molecule has 0 radical (unpaired) electrons. The summed E-state index contributed by atoms with van der Waals surface area (Å²) in [5.41, 5.74) is 0.281. The lowest BCUT2D eigenvalue weighted by molar-refractivity contribution is -0.135. The second kappa shape index (κ2) is 8.03. The van der Waals surface area contributed by atoms with Crippen LogP contribution in [0.1, 0.15) is 32.6 Å². The molecular weight excluding hydrogens is 198 g/mol. The highest BCUT2D eigenvalue weighted by Gasteiger charge is 2.02.